The highest BCUT2D eigenvalue weighted by Crippen LogP contribution is 2.20. The van der Waals surface area contributed by atoms with Gasteiger partial charge in [-0.1, -0.05) is 41.9 Å². The Balaban J connectivity index is 2.00. The van der Waals surface area contributed by atoms with Gasteiger partial charge in [0.25, 0.3) is 0 Å². The third kappa shape index (κ3) is 3.04. The number of rotatable bonds is 4. The maximum atomic E-state index is 11.7. The molecule has 0 saturated carbocycles. The summed E-state index contributed by atoms with van der Waals surface area (Å²) in [6.45, 7) is -0.0462. The lowest BCUT2D eigenvalue weighted by Crippen LogP contribution is -2.11. The molecule has 3 nitrogen and oxygen atoms in total. The molecule has 4 heteroatoms. The molecule has 0 aliphatic carbocycles. The van der Waals surface area contributed by atoms with Gasteiger partial charge in [-0.2, -0.15) is 0 Å². The fourth-order valence-corrected chi connectivity index (χ4v) is 1.50. The molecule has 0 bridgehead atoms. The zero-order chi connectivity index (χ0) is 12.1. The van der Waals surface area contributed by atoms with E-state index in [-0.39, 0.29) is 17.5 Å². The summed E-state index contributed by atoms with van der Waals surface area (Å²) < 4.78 is 5.31. The monoisotopic (exact) mass is 247 g/mol. The first kappa shape index (κ1) is 11.6. The second-order valence-corrected chi connectivity index (χ2v) is 3.73. The van der Waals surface area contributed by atoms with Gasteiger partial charge in [0.2, 0.25) is 0 Å². The van der Waals surface area contributed by atoms with Gasteiger partial charge >= 0.3 is 0 Å². The van der Waals surface area contributed by atoms with Crippen LogP contribution in [0.2, 0.25) is 5.15 Å². The number of carbonyl (C=O) groups excluding carboxylic acids is 1. The van der Waals surface area contributed by atoms with E-state index in [0.29, 0.717) is 11.3 Å². The molecule has 0 amide bonds. The Morgan fingerprint density at radius 2 is 1.94 bits per heavy atom. The molecule has 2 rings (SSSR count). The van der Waals surface area contributed by atoms with E-state index in [1.807, 2.05) is 18.2 Å². The number of carbonyl (C=O) groups is 1. The van der Waals surface area contributed by atoms with Crippen LogP contribution >= 0.6 is 11.6 Å². The van der Waals surface area contributed by atoms with E-state index in [1.54, 1.807) is 30.5 Å². The first-order valence-electron chi connectivity index (χ1n) is 5.09. The van der Waals surface area contributed by atoms with E-state index in [1.165, 1.54) is 0 Å². The third-order valence-electron chi connectivity index (χ3n) is 2.18. The van der Waals surface area contributed by atoms with Crippen molar-refractivity contribution in [1.82, 2.24) is 4.98 Å². The Morgan fingerprint density at radius 1 is 1.18 bits per heavy atom. The lowest BCUT2D eigenvalue weighted by Gasteiger charge is -2.06. The zero-order valence-electron chi connectivity index (χ0n) is 8.97. The smallest absolute Gasteiger partial charge is 0.200 e. The molecule has 0 aliphatic heterocycles. The maximum Gasteiger partial charge on any atom is 0.200 e. The van der Waals surface area contributed by atoms with Gasteiger partial charge in [0.15, 0.2) is 23.3 Å². The second-order valence-electron chi connectivity index (χ2n) is 3.37. The molecule has 0 saturated heterocycles. The Kier molecular flexibility index (Phi) is 3.73. The van der Waals surface area contributed by atoms with Crippen molar-refractivity contribution in [1.29, 1.82) is 0 Å². The highest BCUT2D eigenvalue weighted by Gasteiger charge is 2.07. The Labute approximate surface area is 104 Å². The molecule has 86 valence electrons. The standard InChI is InChI=1S/C13H10ClNO2/c14-13-12(7-4-8-15-13)17-9-11(16)10-5-2-1-3-6-10/h1-8H,9H2. The van der Waals surface area contributed by atoms with Crippen LogP contribution < -0.4 is 4.74 Å². The number of benzene rings is 1. The number of ketones is 1. The van der Waals surface area contributed by atoms with Gasteiger partial charge in [-0.05, 0) is 12.1 Å². The SMILES string of the molecule is O=C(COc1cccnc1Cl)c1ccccc1. The highest BCUT2D eigenvalue weighted by atomic mass is 35.5. The molecule has 1 aromatic heterocycles. The molecule has 0 aliphatic rings. The molecule has 1 heterocycles. The van der Waals surface area contributed by atoms with Crippen LogP contribution in [0.4, 0.5) is 0 Å². The Hall–Kier alpha value is -1.87. The van der Waals surface area contributed by atoms with Gasteiger partial charge in [-0.3, -0.25) is 4.79 Å². The van der Waals surface area contributed by atoms with Crippen molar-refractivity contribution in [2.45, 2.75) is 0 Å². The fraction of sp³-hybridized carbons (Fsp3) is 0.0769. The number of pyridine rings is 1. The summed E-state index contributed by atoms with van der Waals surface area (Å²) in [5.74, 6) is 0.323. The van der Waals surface area contributed by atoms with Crippen molar-refractivity contribution < 1.29 is 9.53 Å². The Morgan fingerprint density at radius 3 is 2.65 bits per heavy atom. The number of hydrogen-bond donors (Lipinski definition) is 0. The average molecular weight is 248 g/mol. The zero-order valence-corrected chi connectivity index (χ0v) is 9.72. The molecule has 0 fully saturated rings. The van der Waals surface area contributed by atoms with Crippen molar-refractivity contribution in [3.63, 3.8) is 0 Å². The summed E-state index contributed by atoms with van der Waals surface area (Å²) in [4.78, 5) is 15.6. The molecular weight excluding hydrogens is 238 g/mol. The lowest BCUT2D eigenvalue weighted by atomic mass is 10.1. The van der Waals surface area contributed by atoms with E-state index in [4.69, 9.17) is 16.3 Å². The van der Waals surface area contributed by atoms with E-state index in [9.17, 15) is 4.79 Å². The predicted octanol–water partition coefficient (Wildman–Crippen LogP) is 3.00. The first-order valence-corrected chi connectivity index (χ1v) is 5.47. The number of hydrogen-bond acceptors (Lipinski definition) is 3. The quantitative estimate of drug-likeness (QED) is 0.616. The van der Waals surface area contributed by atoms with Crippen molar-refractivity contribution in [2.75, 3.05) is 6.61 Å². The molecule has 0 radical (unpaired) electrons. The minimum absolute atomic E-state index is 0.0462. The first-order chi connectivity index (χ1) is 8.27. The molecule has 17 heavy (non-hydrogen) atoms. The molecule has 0 spiro atoms. The molecule has 2 aromatic rings. The number of Topliss-reactive ketones (excluding diaryl/α,β-unsaturated/α-hetero) is 1. The van der Waals surface area contributed by atoms with E-state index < -0.39 is 0 Å². The second kappa shape index (κ2) is 5.46. The summed E-state index contributed by atoms with van der Waals surface area (Å²) >= 11 is 5.81. The van der Waals surface area contributed by atoms with E-state index in [2.05, 4.69) is 4.98 Å². The predicted molar refractivity (Wildman–Crippen MR) is 65.5 cm³/mol. The third-order valence-corrected chi connectivity index (χ3v) is 2.46. The van der Waals surface area contributed by atoms with Crippen LogP contribution in [0.5, 0.6) is 5.75 Å². The largest absolute Gasteiger partial charge is 0.482 e. The number of aromatic nitrogens is 1. The van der Waals surface area contributed by atoms with Crippen LogP contribution in [0, 0.1) is 0 Å². The minimum Gasteiger partial charge on any atom is -0.482 e. The average Bonchev–Trinajstić information content (AvgIpc) is 2.38. The van der Waals surface area contributed by atoms with Crippen LogP contribution in [0.25, 0.3) is 0 Å². The van der Waals surface area contributed by atoms with Crippen LogP contribution in [-0.4, -0.2) is 17.4 Å². The van der Waals surface area contributed by atoms with Gasteiger partial charge < -0.3 is 4.74 Å². The van der Waals surface area contributed by atoms with E-state index in [0.717, 1.165) is 0 Å². The molecule has 0 atom stereocenters. The van der Waals surface area contributed by atoms with Crippen LogP contribution in [0.15, 0.2) is 48.7 Å². The van der Waals surface area contributed by atoms with Crippen molar-refractivity contribution in [2.24, 2.45) is 0 Å². The van der Waals surface area contributed by atoms with Crippen molar-refractivity contribution >= 4 is 17.4 Å². The van der Waals surface area contributed by atoms with Crippen molar-refractivity contribution in [3.05, 3.63) is 59.4 Å². The fourth-order valence-electron chi connectivity index (χ4n) is 1.33. The summed E-state index contributed by atoms with van der Waals surface area (Å²) in [6.07, 6.45) is 1.56. The summed E-state index contributed by atoms with van der Waals surface area (Å²) in [7, 11) is 0. The molecular formula is C13H10ClNO2. The number of nitrogens with zero attached hydrogens (tertiary/aromatic N) is 1. The molecule has 0 unspecified atom stereocenters. The van der Waals surface area contributed by atoms with Gasteiger partial charge in [0.1, 0.15) is 0 Å². The van der Waals surface area contributed by atoms with E-state index >= 15 is 0 Å². The van der Waals surface area contributed by atoms with Gasteiger partial charge in [-0.25, -0.2) is 4.98 Å². The molecule has 0 N–H and O–H groups in total. The van der Waals surface area contributed by atoms with Crippen molar-refractivity contribution in [3.8, 4) is 5.75 Å². The minimum atomic E-state index is -0.0921. The molecule has 1 aromatic carbocycles. The Bertz CT molecular complexity index is 514. The van der Waals surface area contributed by atoms with Crippen LogP contribution in [0.3, 0.4) is 0 Å². The normalized spacial score (nSPS) is 9.94. The topological polar surface area (TPSA) is 39.2 Å². The van der Waals surface area contributed by atoms with Crippen LogP contribution in [-0.2, 0) is 0 Å². The highest BCUT2D eigenvalue weighted by molar-refractivity contribution is 6.30. The summed E-state index contributed by atoms with van der Waals surface area (Å²) in [5, 5.41) is 0.258. The summed E-state index contributed by atoms with van der Waals surface area (Å²) in [5.41, 5.74) is 0.618. The lowest BCUT2D eigenvalue weighted by molar-refractivity contribution is 0.0921. The maximum absolute atomic E-state index is 11.7. The number of ether oxygens (including phenoxy) is 1. The van der Waals surface area contributed by atoms with Crippen LogP contribution in [0.1, 0.15) is 10.4 Å². The van der Waals surface area contributed by atoms with Gasteiger partial charge in [0, 0.05) is 11.8 Å². The number of halogens is 1. The van der Waals surface area contributed by atoms with Gasteiger partial charge in [0.05, 0.1) is 0 Å². The van der Waals surface area contributed by atoms with Gasteiger partial charge in [-0.15, -0.1) is 0 Å². The summed E-state index contributed by atoms with van der Waals surface area (Å²) in [6, 6.07) is 12.3.